The van der Waals surface area contributed by atoms with Crippen LogP contribution in [0.5, 0.6) is 23.0 Å². The van der Waals surface area contributed by atoms with E-state index in [0.717, 1.165) is 18.4 Å². The Morgan fingerprint density at radius 1 is 0.944 bits per heavy atom. The van der Waals surface area contributed by atoms with Crippen molar-refractivity contribution in [2.75, 3.05) is 34.5 Å². The monoisotopic (exact) mass is 491 g/mol. The number of hydrogen-bond donors (Lipinski definition) is 1. The Labute approximate surface area is 210 Å². The number of aliphatic carboxylic acids is 1. The number of rotatable bonds is 11. The standard InChI is InChI=1S/C28H29NO7/c1-33-22-16-21-24(27(35-3)26(22)34-2)25(19-11-13-20(14-12-19)36-17-23(30)31)29(28(21)32)15-7-10-18-8-5-4-6-9-18/h4-6,8-9,11-14,16,25H,7,10,15,17H2,1-3H3,(H,30,31). The lowest BCUT2D eigenvalue weighted by Crippen LogP contribution is -2.30. The molecule has 36 heavy (non-hydrogen) atoms. The van der Waals surface area contributed by atoms with Crippen LogP contribution >= 0.6 is 0 Å². The van der Waals surface area contributed by atoms with E-state index in [1.54, 1.807) is 25.3 Å². The largest absolute Gasteiger partial charge is 0.493 e. The molecule has 0 bridgehead atoms. The summed E-state index contributed by atoms with van der Waals surface area (Å²) in [4.78, 5) is 26.4. The molecule has 0 saturated heterocycles. The molecule has 1 N–H and O–H groups in total. The number of hydrogen-bond acceptors (Lipinski definition) is 6. The zero-order valence-electron chi connectivity index (χ0n) is 20.5. The lowest BCUT2D eigenvalue weighted by Gasteiger charge is -2.27. The molecular weight excluding hydrogens is 462 g/mol. The summed E-state index contributed by atoms with van der Waals surface area (Å²) in [5, 5.41) is 8.88. The molecule has 0 spiro atoms. The van der Waals surface area contributed by atoms with Gasteiger partial charge in [0.1, 0.15) is 5.75 Å². The number of aryl methyl sites for hydroxylation is 1. The Balaban J connectivity index is 1.72. The molecule has 0 saturated carbocycles. The molecule has 1 aliphatic rings. The van der Waals surface area contributed by atoms with Crippen LogP contribution in [0.1, 0.15) is 39.5 Å². The molecule has 4 rings (SSSR count). The number of benzene rings is 3. The van der Waals surface area contributed by atoms with E-state index in [1.807, 2.05) is 35.2 Å². The van der Waals surface area contributed by atoms with Gasteiger partial charge < -0.3 is 29.0 Å². The van der Waals surface area contributed by atoms with Gasteiger partial charge >= 0.3 is 5.97 Å². The SMILES string of the molecule is COc1cc2c(c(OC)c1OC)C(c1ccc(OCC(=O)O)cc1)N(CCCc1ccccc1)C2=O. The third-order valence-corrected chi connectivity index (χ3v) is 6.21. The van der Waals surface area contributed by atoms with Gasteiger partial charge in [0.25, 0.3) is 5.91 Å². The summed E-state index contributed by atoms with van der Waals surface area (Å²) in [5.74, 6) is 0.550. The van der Waals surface area contributed by atoms with Crippen LogP contribution in [0.15, 0.2) is 60.7 Å². The van der Waals surface area contributed by atoms with E-state index >= 15 is 0 Å². The molecule has 3 aromatic rings. The first kappa shape index (κ1) is 24.9. The minimum absolute atomic E-state index is 0.117. The van der Waals surface area contributed by atoms with Crippen molar-refractivity contribution < 1.29 is 33.6 Å². The predicted octanol–water partition coefficient (Wildman–Crippen LogP) is 4.35. The maximum absolute atomic E-state index is 13.7. The second kappa shape index (κ2) is 11.0. The van der Waals surface area contributed by atoms with E-state index < -0.39 is 18.6 Å². The maximum atomic E-state index is 13.7. The first-order valence-corrected chi connectivity index (χ1v) is 11.6. The highest BCUT2D eigenvalue weighted by Crippen LogP contribution is 2.51. The molecular formula is C28H29NO7. The molecule has 0 fully saturated rings. The van der Waals surface area contributed by atoms with Crippen molar-refractivity contribution >= 4 is 11.9 Å². The number of carbonyl (C=O) groups is 2. The minimum Gasteiger partial charge on any atom is -0.493 e. The molecule has 0 aliphatic carbocycles. The van der Waals surface area contributed by atoms with Crippen molar-refractivity contribution in [1.82, 2.24) is 4.90 Å². The molecule has 3 aromatic carbocycles. The summed E-state index contributed by atoms with van der Waals surface area (Å²) in [6.07, 6.45) is 1.61. The summed E-state index contributed by atoms with van der Waals surface area (Å²) in [7, 11) is 4.60. The number of carbonyl (C=O) groups excluding carboxylic acids is 1. The first-order chi connectivity index (χ1) is 17.5. The van der Waals surface area contributed by atoms with Crippen LogP contribution in [-0.4, -0.2) is 56.4 Å². The van der Waals surface area contributed by atoms with E-state index in [9.17, 15) is 9.59 Å². The summed E-state index contributed by atoms with van der Waals surface area (Å²) >= 11 is 0. The fourth-order valence-corrected chi connectivity index (χ4v) is 4.62. The van der Waals surface area contributed by atoms with Crippen molar-refractivity contribution in [3.05, 3.63) is 82.9 Å². The van der Waals surface area contributed by atoms with E-state index in [-0.39, 0.29) is 5.91 Å². The number of nitrogens with zero attached hydrogens (tertiary/aromatic N) is 1. The highest BCUT2D eigenvalue weighted by Gasteiger charge is 2.42. The second-order valence-corrected chi connectivity index (χ2v) is 8.35. The number of ether oxygens (including phenoxy) is 4. The van der Waals surface area contributed by atoms with Crippen LogP contribution < -0.4 is 18.9 Å². The Hall–Kier alpha value is -4.20. The minimum atomic E-state index is -1.05. The van der Waals surface area contributed by atoms with E-state index in [4.69, 9.17) is 24.1 Å². The van der Waals surface area contributed by atoms with Crippen molar-refractivity contribution in [3.8, 4) is 23.0 Å². The van der Waals surface area contributed by atoms with E-state index in [0.29, 0.717) is 40.7 Å². The van der Waals surface area contributed by atoms with Gasteiger partial charge in [-0.05, 0) is 42.2 Å². The number of fused-ring (bicyclic) bond motifs is 1. The van der Waals surface area contributed by atoms with Crippen LogP contribution in [0.3, 0.4) is 0 Å². The van der Waals surface area contributed by atoms with E-state index in [1.165, 1.54) is 19.8 Å². The number of carboxylic acids is 1. The van der Waals surface area contributed by atoms with Crippen molar-refractivity contribution in [1.29, 1.82) is 0 Å². The smallest absolute Gasteiger partial charge is 0.341 e. The fraction of sp³-hybridized carbons (Fsp3) is 0.286. The quantitative estimate of drug-likeness (QED) is 0.426. The number of methoxy groups -OCH3 is 3. The zero-order chi connectivity index (χ0) is 25.7. The molecule has 1 aliphatic heterocycles. The summed E-state index contributed by atoms with van der Waals surface area (Å²) in [6.45, 7) is 0.0959. The van der Waals surface area contributed by atoms with Gasteiger partial charge in [-0.1, -0.05) is 42.5 Å². The molecule has 8 nitrogen and oxygen atoms in total. The summed E-state index contributed by atoms with van der Waals surface area (Å²) < 4.78 is 22.1. The van der Waals surface area contributed by atoms with Crippen LogP contribution in [0.4, 0.5) is 0 Å². The topological polar surface area (TPSA) is 94.5 Å². The molecule has 1 amide bonds. The van der Waals surface area contributed by atoms with Gasteiger partial charge in [0.2, 0.25) is 5.75 Å². The normalized spacial score (nSPS) is 14.4. The molecule has 8 heteroatoms. The van der Waals surface area contributed by atoms with Gasteiger partial charge in [-0.2, -0.15) is 0 Å². The van der Waals surface area contributed by atoms with Crippen molar-refractivity contribution in [2.24, 2.45) is 0 Å². The van der Waals surface area contributed by atoms with Crippen LogP contribution in [0.25, 0.3) is 0 Å². The van der Waals surface area contributed by atoms with Gasteiger partial charge in [0.15, 0.2) is 18.1 Å². The molecule has 0 aromatic heterocycles. The molecule has 0 radical (unpaired) electrons. The van der Waals surface area contributed by atoms with Gasteiger partial charge in [0.05, 0.1) is 32.9 Å². The Kier molecular flexibility index (Phi) is 7.63. The Bertz CT molecular complexity index is 1220. The molecule has 1 atom stereocenters. The van der Waals surface area contributed by atoms with Gasteiger partial charge in [0, 0.05) is 12.1 Å². The lowest BCUT2D eigenvalue weighted by atomic mass is 9.95. The highest BCUT2D eigenvalue weighted by molar-refractivity contribution is 6.02. The molecule has 188 valence electrons. The number of amides is 1. The van der Waals surface area contributed by atoms with Crippen molar-refractivity contribution in [3.63, 3.8) is 0 Å². The van der Waals surface area contributed by atoms with Crippen molar-refractivity contribution in [2.45, 2.75) is 18.9 Å². The summed E-state index contributed by atoms with van der Waals surface area (Å²) in [6, 6.07) is 18.5. The van der Waals surface area contributed by atoms with Gasteiger partial charge in [-0.15, -0.1) is 0 Å². The summed E-state index contributed by atoms with van der Waals surface area (Å²) in [5.41, 5.74) is 3.26. The van der Waals surface area contributed by atoms with Crippen LogP contribution in [0, 0.1) is 0 Å². The Morgan fingerprint density at radius 3 is 2.25 bits per heavy atom. The zero-order valence-corrected chi connectivity index (χ0v) is 20.5. The van der Waals surface area contributed by atoms with Gasteiger partial charge in [-0.3, -0.25) is 4.79 Å². The molecule has 1 unspecified atom stereocenters. The van der Waals surface area contributed by atoms with Crippen LogP contribution in [0.2, 0.25) is 0 Å². The average Bonchev–Trinajstić information content (AvgIpc) is 3.18. The third kappa shape index (κ3) is 4.93. The predicted molar refractivity (Wildman–Crippen MR) is 133 cm³/mol. The third-order valence-electron chi connectivity index (χ3n) is 6.21. The first-order valence-electron chi connectivity index (χ1n) is 11.6. The number of carboxylic acid groups (broad SMARTS) is 1. The maximum Gasteiger partial charge on any atom is 0.341 e. The Morgan fingerprint density at radius 2 is 1.64 bits per heavy atom. The lowest BCUT2D eigenvalue weighted by molar-refractivity contribution is -0.139. The van der Waals surface area contributed by atoms with E-state index in [2.05, 4.69) is 12.1 Å². The van der Waals surface area contributed by atoms with Gasteiger partial charge in [-0.25, -0.2) is 4.79 Å². The highest BCUT2D eigenvalue weighted by atomic mass is 16.5. The molecule has 1 heterocycles. The van der Waals surface area contributed by atoms with Crippen LogP contribution in [-0.2, 0) is 11.2 Å². The second-order valence-electron chi connectivity index (χ2n) is 8.35. The fourth-order valence-electron chi connectivity index (χ4n) is 4.62. The average molecular weight is 492 g/mol.